The Balaban J connectivity index is 0.00000200. The normalized spacial score (nSPS) is 15.2. The standard InChI is InChI=1S/C14H19F2N3.HI/c1-17-14(19-8-2-3-9-19)18-7-6-11-10-12(15)4-5-13(11)16;/h4-5,10H,2-3,6-9H2,1H3,(H,17,18);1H. The number of rotatable bonds is 3. The molecule has 2 rings (SSSR count). The van der Waals surface area contributed by atoms with E-state index < -0.39 is 5.82 Å². The number of benzene rings is 1. The highest BCUT2D eigenvalue weighted by Crippen LogP contribution is 2.10. The van der Waals surface area contributed by atoms with Gasteiger partial charge in [0, 0.05) is 26.7 Å². The van der Waals surface area contributed by atoms with Crippen molar-refractivity contribution in [3.05, 3.63) is 35.4 Å². The highest BCUT2D eigenvalue weighted by atomic mass is 127. The van der Waals surface area contributed by atoms with Crippen LogP contribution in [0.2, 0.25) is 0 Å². The number of likely N-dealkylation sites (tertiary alicyclic amines) is 1. The second-order valence-corrected chi connectivity index (χ2v) is 4.65. The third kappa shape index (κ3) is 4.57. The molecule has 0 aromatic heterocycles. The molecule has 20 heavy (non-hydrogen) atoms. The van der Waals surface area contributed by atoms with Crippen molar-refractivity contribution in [1.29, 1.82) is 0 Å². The molecule has 112 valence electrons. The topological polar surface area (TPSA) is 27.6 Å². The van der Waals surface area contributed by atoms with E-state index in [2.05, 4.69) is 15.2 Å². The average Bonchev–Trinajstić information content (AvgIpc) is 2.92. The Morgan fingerprint density at radius 3 is 2.65 bits per heavy atom. The first-order valence-electron chi connectivity index (χ1n) is 6.60. The molecule has 1 aliphatic heterocycles. The summed E-state index contributed by atoms with van der Waals surface area (Å²) in [7, 11) is 1.74. The van der Waals surface area contributed by atoms with Crippen LogP contribution in [0.3, 0.4) is 0 Å². The highest BCUT2D eigenvalue weighted by molar-refractivity contribution is 14.0. The Hall–Kier alpha value is -0.920. The lowest BCUT2D eigenvalue weighted by atomic mass is 10.1. The van der Waals surface area contributed by atoms with Crippen molar-refractivity contribution < 1.29 is 8.78 Å². The van der Waals surface area contributed by atoms with Gasteiger partial charge in [-0.15, -0.1) is 24.0 Å². The van der Waals surface area contributed by atoms with Crippen molar-refractivity contribution in [3.8, 4) is 0 Å². The Labute approximate surface area is 135 Å². The summed E-state index contributed by atoms with van der Waals surface area (Å²) < 4.78 is 26.5. The first kappa shape index (κ1) is 17.1. The van der Waals surface area contributed by atoms with Gasteiger partial charge >= 0.3 is 0 Å². The predicted molar refractivity (Wildman–Crippen MR) is 87.6 cm³/mol. The van der Waals surface area contributed by atoms with Gasteiger partial charge in [0.1, 0.15) is 11.6 Å². The Bertz CT molecular complexity index is 460. The molecular formula is C14H20F2IN3. The Morgan fingerprint density at radius 2 is 2.00 bits per heavy atom. The molecule has 0 spiro atoms. The number of hydrogen-bond acceptors (Lipinski definition) is 1. The van der Waals surface area contributed by atoms with E-state index in [0.29, 0.717) is 18.5 Å². The molecule has 0 bridgehead atoms. The molecular weight excluding hydrogens is 375 g/mol. The molecule has 1 fully saturated rings. The fraction of sp³-hybridized carbons (Fsp3) is 0.500. The highest BCUT2D eigenvalue weighted by Gasteiger charge is 2.15. The zero-order chi connectivity index (χ0) is 13.7. The number of guanidine groups is 1. The molecule has 0 amide bonds. The molecule has 0 atom stereocenters. The quantitative estimate of drug-likeness (QED) is 0.484. The Kier molecular flexibility index (Phi) is 7.18. The summed E-state index contributed by atoms with van der Waals surface area (Å²) in [5.74, 6) is 0.0778. The van der Waals surface area contributed by atoms with E-state index in [9.17, 15) is 8.78 Å². The summed E-state index contributed by atoms with van der Waals surface area (Å²) >= 11 is 0. The molecule has 6 heteroatoms. The van der Waals surface area contributed by atoms with Crippen LogP contribution in [0.4, 0.5) is 8.78 Å². The van der Waals surface area contributed by atoms with Crippen molar-refractivity contribution in [1.82, 2.24) is 10.2 Å². The lowest BCUT2D eigenvalue weighted by Gasteiger charge is -2.20. The van der Waals surface area contributed by atoms with Crippen LogP contribution >= 0.6 is 24.0 Å². The van der Waals surface area contributed by atoms with E-state index >= 15 is 0 Å². The van der Waals surface area contributed by atoms with Crippen LogP contribution < -0.4 is 5.32 Å². The van der Waals surface area contributed by atoms with Crippen LogP contribution in [0.25, 0.3) is 0 Å². The van der Waals surface area contributed by atoms with Gasteiger partial charge in [-0.2, -0.15) is 0 Å². The SMILES string of the molecule is CN=C(NCCc1cc(F)ccc1F)N1CCCC1.I. The molecule has 1 aromatic rings. The van der Waals surface area contributed by atoms with Gasteiger partial charge in [-0.25, -0.2) is 8.78 Å². The smallest absolute Gasteiger partial charge is 0.193 e. The minimum absolute atomic E-state index is 0. The van der Waals surface area contributed by atoms with Gasteiger partial charge < -0.3 is 10.2 Å². The minimum Gasteiger partial charge on any atom is -0.356 e. The van der Waals surface area contributed by atoms with Crippen molar-refractivity contribution in [2.45, 2.75) is 19.3 Å². The van der Waals surface area contributed by atoms with Crippen molar-refractivity contribution in [3.63, 3.8) is 0 Å². The summed E-state index contributed by atoms with van der Waals surface area (Å²) in [6, 6.07) is 3.55. The molecule has 1 heterocycles. The number of nitrogens with zero attached hydrogens (tertiary/aromatic N) is 2. The van der Waals surface area contributed by atoms with Crippen molar-refractivity contribution in [2.24, 2.45) is 4.99 Å². The number of hydrogen-bond donors (Lipinski definition) is 1. The maximum absolute atomic E-state index is 13.4. The van der Waals surface area contributed by atoms with Gasteiger partial charge in [0.05, 0.1) is 0 Å². The summed E-state index contributed by atoms with van der Waals surface area (Å²) in [5.41, 5.74) is 0.393. The van der Waals surface area contributed by atoms with Crippen molar-refractivity contribution in [2.75, 3.05) is 26.7 Å². The molecule has 0 radical (unpaired) electrons. The lowest BCUT2D eigenvalue weighted by Crippen LogP contribution is -2.40. The summed E-state index contributed by atoms with van der Waals surface area (Å²) in [6.07, 6.45) is 2.80. The molecule has 0 unspecified atom stereocenters. The summed E-state index contributed by atoms with van der Waals surface area (Å²) in [5, 5.41) is 3.19. The lowest BCUT2D eigenvalue weighted by molar-refractivity contribution is 0.493. The molecule has 0 saturated carbocycles. The van der Waals surface area contributed by atoms with Gasteiger partial charge in [0.25, 0.3) is 0 Å². The first-order valence-corrected chi connectivity index (χ1v) is 6.60. The second kappa shape index (κ2) is 8.39. The van der Waals surface area contributed by atoms with Crippen LogP contribution in [0, 0.1) is 11.6 Å². The van der Waals surface area contributed by atoms with Crippen molar-refractivity contribution >= 4 is 29.9 Å². The van der Waals surface area contributed by atoms with E-state index in [-0.39, 0.29) is 29.8 Å². The zero-order valence-corrected chi connectivity index (χ0v) is 13.9. The maximum Gasteiger partial charge on any atom is 0.193 e. The van der Waals surface area contributed by atoms with E-state index in [0.717, 1.165) is 25.1 Å². The third-order valence-corrected chi connectivity index (χ3v) is 3.30. The average molecular weight is 395 g/mol. The van der Waals surface area contributed by atoms with Gasteiger partial charge in [0.2, 0.25) is 0 Å². The van der Waals surface area contributed by atoms with Crippen LogP contribution in [0.1, 0.15) is 18.4 Å². The number of halogens is 3. The van der Waals surface area contributed by atoms with Crippen LogP contribution in [0.5, 0.6) is 0 Å². The van der Waals surface area contributed by atoms with Gasteiger partial charge in [-0.1, -0.05) is 0 Å². The van der Waals surface area contributed by atoms with Gasteiger partial charge in [-0.3, -0.25) is 4.99 Å². The fourth-order valence-electron chi connectivity index (χ4n) is 2.31. The molecule has 0 aliphatic carbocycles. The summed E-state index contributed by atoms with van der Waals surface area (Å²) in [4.78, 5) is 6.39. The molecule has 1 saturated heterocycles. The van der Waals surface area contributed by atoms with Crippen LogP contribution in [-0.4, -0.2) is 37.5 Å². The van der Waals surface area contributed by atoms with Crippen LogP contribution in [0.15, 0.2) is 23.2 Å². The fourth-order valence-corrected chi connectivity index (χ4v) is 2.31. The molecule has 1 aliphatic rings. The number of aliphatic imine (C=N–C) groups is 1. The summed E-state index contributed by atoms with van der Waals surface area (Å²) in [6.45, 7) is 2.56. The predicted octanol–water partition coefficient (Wildman–Crippen LogP) is 2.80. The molecule has 1 aromatic carbocycles. The first-order chi connectivity index (χ1) is 9.20. The molecule has 1 N–H and O–H groups in total. The monoisotopic (exact) mass is 395 g/mol. The van der Waals surface area contributed by atoms with E-state index in [1.54, 1.807) is 7.05 Å². The Morgan fingerprint density at radius 1 is 1.30 bits per heavy atom. The third-order valence-electron chi connectivity index (χ3n) is 3.30. The van der Waals surface area contributed by atoms with E-state index in [1.165, 1.54) is 25.0 Å². The van der Waals surface area contributed by atoms with E-state index in [4.69, 9.17) is 0 Å². The van der Waals surface area contributed by atoms with Gasteiger partial charge in [-0.05, 0) is 43.0 Å². The van der Waals surface area contributed by atoms with Gasteiger partial charge in [0.15, 0.2) is 5.96 Å². The maximum atomic E-state index is 13.4. The number of nitrogens with one attached hydrogen (secondary N) is 1. The van der Waals surface area contributed by atoms with Crippen LogP contribution in [-0.2, 0) is 6.42 Å². The second-order valence-electron chi connectivity index (χ2n) is 4.65. The molecule has 3 nitrogen and oxygen atoms in total. The van der Waals surface area contributed by atoms with E-state index in [1.807, 2.05) is 0 Å². The minimum atomic E-state index is -0.402. The largest absolute Gasteiger partial charge is 0.356 e. The zero-order valence-electron chi connectivity index (χ0n) is 11.5.